The molecule has 6 nitrogen and oxygen atoms in total. The largest absolute Gasteiger partial charge is 0.494 e. The number of benzene rings is 1. The summed E-state index contributed by atoms with van der Waals surface area (Å²) in [6, 6.07) is 20.5. The third-order valence-electron chi connectivity index (χ3n) is 6.55. The van der Waals surface area contributed by atoms with Crippen LogP contribution in [0.1, 0.15) is 47.2 Å². The molecule has 0 amide bonds. The lowest BCUT2D eigenvalue weighted by Crippen LogP contribution is -2.29. The molecule has 0 bridgehead atoms. The summed E-state index contributed by atoms with van der Waals surface area (Å²) < 4.78 is 8.02. The van der Waals surface area contributed by atoms with Gasteiger partial charge in [0, 0.05) is 42.2 Å². The Bertz CT molecular complexity index is 1300. The normalized spacial score (nSPS) is 17.5. The molecule has 4 heterocycles. The number of rotatable bonds is 7. The standard InChI is InChI=1S/C28H29N5OS/c1-4-34-23-10-8-22(9-11-23)33-27(26(31-28(33)35)25-7-5-6-14-30-25)24-17-19(2)32(20(24)3)18-21-12-15-29-16-13-21/h5-17,26-27H,4,18H2,1-3H3,(H,31,35)/t26-,27+/m1/s1. The molecule has 1 N–H and O–H groups in total. The Morgan fingerprint density at radius 1 is 1.00 bits per heavy atom. The van der Waals surface area contributed by atoms with Crippen LogP contribution >= 0.6 is 12.2 Å². The Labute approximate surface area is 211 Å². The van der Waals surface area contributed by atoms with E-state index < -0.39 is 0 Å². The van der Waals surface area contributed by atoms with E-state index >= 15 is 0 Å². The van der Waals surface area contributed by atoms with E-state index in [-0.39, 0.29) is 12.1 Å². The zero-order valence-electron chi connectivity index (χ0n) is 20.2. The van der Waals surface area contributed by atoms with Crippen LogP contribution in [0.2, 0.25) is 0 Å². The second-order valence-electron chi connectivity index (χ2n) is 8.69. The molecule has 2 atom stereocenters. The Hall–Kier alpha value is -3.71. The van der Waals surface area contributed by atoms with Crippen LogP contribution in [0.4, 0.5) is 5.69 Å². The molecule has 1 fully saturated rings. The molecular weight excluding hydrogens is 454 g/mol. The van der Waals surface area contributed by atoms with Gasteiger partial charge in [0.1, 0.15) is 5.75 Å². The molecule has 4 aromatic rings. The molecule has 1 saturated heterocycles. The van der Waals surface area contributed by atoms with Crippen molar-refractivity contribution in [1.82, 2.24) is 19.9 Å². The molecule has 0 saturated carbocycles. The first-order valence-electron chi connectivity index (χ1n) is 11.9. The Balaban J connectivity index is 1.59. The van der Waals surface area contributed by atoms with Crippen molar-refractivity contribution in [2.75, 3.05) is 11.5 Å². The highest BCUT2D eigenvalue weighted by Gasteiger charge is 2.42. The van der Waals surface area contributed by atoms with E-state index in [1.807, 2.05) is 49.8 Å². The summed E-state index contributed by atoms with van der Waals surface area (Å²) in [6.45, 7) is 7.77. The molecule has 1 aromatic carbocycles. The van der Waals surface area contributed by atoms with Crippen molar-refractivity contribution in [1.29, 1.82) is 0 Å². The number of anilines is 1. The Kier molecular flexibility index (Phi) is 6.51. The molecule has 0 radical (unpaired) electrons. The zero-order valence-corrected chi connectivity index (χ0v) is 21.0. The second-order valence-corrected chi connectivity index (χ2v) is 9.08. The van der Waals surface area contributed by atoms with E-state index in [2.05, 4.69) is 75.0 Å². The van der Waals surface area contributed by atoms with Crippen LogP contribution in [0.5, 0.6) is 5.75 Å². The number of thiocarbonyl (C=S) groups is 1. The van der Waals surface area contributed by atoms with Gasteiger partial charge in [0.15, 0.2) is 5.11 Å². The smallest absolute Gasteiger partial charge is 0.174 e. The summed E-state index contributed by atoms with van der Waals surface area (Å²) in [7, 11) is 0. The molecule has 178 valence electrons. The van der Waals surface area contributed by atoms with Gasteiger partial charge in [-0.1, -0.05) is 6.07 Å². The fourth-order valence-electron chi connectivity index (χ4n) is 4.86. The number of hydrogen-bond acceptors (Lipinski definition) is 4. The minimum atomic E-state index is -0.0786. The van der Waals surface area contributed by atoms with Crippen molar-refractivity contribution in [2.24, 2.45) is 0 Å². The maximum absolute atomic E-state index is 5.89. The summed E-state index contributed by atoms with van der Waals surface area (Å²) in [6.07, 6.45) is 5.52. The molecule has 3 aromatic heterocycles. The summed E-state index contributed by atoms with van der Waals surface area (Å²) >= 11 is 5.89. The lowest BCUT2D eigenvalue weighted by atomic mass is 9.96. The SMILES string of the molecule is CCOc1ccc(N2C(=S)N[C@H](c3ccccn3)[C@@H]2c2cc(C)n(Cc3ccncc3)c2C)cc1. The molecule has 7 heteroatoms. The summed E-state index contributed by atoms with van der Waals surface area (Å²) in [5.41, 5.74) is 6.86. The number of aromatic nitrogens is 3. The van der Waals surface area contributed by atoms with E-state index in [1.165, 1.54) is 22.5 Å². The number of pyridine rings is 2. The van der Waals surface area contributed by atoms with Crippen LogP contribution in [0.25, 0.3) is 0 Å². The van der Waals surface area contributed by atoms with Crippen molar-refractivity contribution in [2.45, 2.75) is 39.4 Å². The van der Waals surface area contributed by atoms with Crippen molar-refractivity contribution < 1.29 is 4.74 Å². The molecule has 0 unspecified atom stereocenters. The van der Waals surface area contributed by atoms with E-state index in [0.717, 1.165) is 23.7 Å². The minimum Gasteiger partial charge on any atom is -0.494 e. The summed E-state index contributed by atoms with van der Waals surface area (Å²) in [5, 5.41) is 4.25. The van der Waals surface area contributed by atoms with E-state index in [1.54, 1.807) is 0 Å². The first kappa shape index (κ1) is 23.1. The lowest BCUT2D eigenvalue weighted by Gasteiger charge is -2.28. The number of aryl methyl sites for hydroxylation is 1. The quantitative estimate of drug-likeness (QED) is 0.350. The average molecular weight is 484 g/mol. The molecule has 1 aliphatic rings. The first-order chi connectivity index (χ1) is 17.1. The van der Waals surface area contributed by atoms with Crippen molar-refractivity contribution >= 4 is 23.0 Å². The predicted octanol–water partition coefficient (Wildman–Crippen LogP) is 5.52. The van der Waals surface area contributed by atoms with Gasteiger partial charge >= 0.3 is 0 Å². The molecule has 5 rings (SSSR count). The van der Waals surface area contributed by atoms with Crippen LogP contribution in [-0.2, 0) is 6.54 Å². The van der Waals surface area contributed by atoms with Crippen molar-refractivity contribution in [3.63, 3.8) is 0 Å². The zero-order chi connectivity index (χ0) is 24.4. The maximum atomic E-state index is 5.89. The number of ether oxygens (including phenoxy) is 1. The van der Waals surface area contributed by atoms with Gasteiger partial charge in [-0.05, 0) is 98.7 Å². The fourth-order valence-corrected chi connectivity index (χ4v) is 5.21. The van der Waals surface area contributed by atoms with Gasteiger partial charge in [-0.25, -0.2) is 0 Å². The van der Waals surface area contributed by atoms with Gasteiger partial charge in [0.2, 0.25) is 0 Å². The van der Waals surface area contributed by atoms with Gasteiger partial charge in [-0.15, -0.1) is 0 Å². The topological polar surface area (TPSA) is 55.2 Å². The average Bonchev–Trinajstić information content (AvgIpc) is 3.37. The molecule has 35 heavy (non-hydrogen) atoms. The van der Waals surface area contributed by atoms with E-state index in [0.29, 0.717) is 11.7 Å². The van der Waals surface area contributed by atoms with Crippen LogP contribution in [0, 0.1) is 13.8 Å². The van der Waals surface area contributed by atoms with Crippen LogP contribution in [0.15, 0.2) is 79.3 Å². The number of hydrogen-bond donors (Lipinski definition) is 1. The van der Waals surface area contributed by atoms with Crippen molar-refractivity contribution in [3.05, 3.63) is 107 Å². The second kappa shape index (κ2) is 9.88. The van der Waals surface area contributed by atoms with Gasteiger partial charge in [0.25, 0.3) is 0 Å². The highest BCUT2D eigenvalue weighted by molar-refractivity contribution is 7.80. The third kappa shape index (κ3) is 4.51. The van der Waals surface area contributed by atoms with Crippen LogP contribution < -0.4 is 15.0 Å². The first-order valence-corrected chi connectivity index (χ1v) is 12.3. The maximum Gasteiger partial charge on any atom is 0.174 e. The van der Waals surface area contributed by atoms with E-state index in [9.17, 15) is 0 Å². The molecule has 0 spiro atoms. The minimum absolute atomic E-state index is 0.0484. The summed E-state index contributed by atoms with van der Waals surface area (Å²) in [4.78, 5) is 11.1. The fraction of sp³-hybridized carbons (Fsp3) is 0.250. The summed E-state index contributed by atoms with van der Waals surface area (Å²) in [5.74, 6) is 0.850. The van der Waals surface area contributed by atoms with Crippen LogP contribution in [0.3, 0.4) is 0 Å². The number of nitrogens with zero attached hydrogens (tertiary/aromatic N) is 4. The Morgan fingerprint density at radius 3 is 2.46 bits per heavy atom. The lowest BCUT2D eigenvalue weighted by molar-refractivity contribution is 0.340. The van der Waals surface area contributed by atoms with E-state index in [4.69, 9.17) is 17.0 Å². The molecular formula is C28H29N5OS. The van der Waals surface area contributed by atoms with Gasteiger partial charge < -0.3 is 19.5 Å². The van der Waals surface area contributed by atoms with Gasteiger partial charge in [0.05, 0.1) is 24.4 Å². The Morgan fingerprint density at radius 2 is 1.77 bits per heavy atom. The number of nitrogens with one attached hydrogen (secondary N) is 1. The highest BCUT2D eigenvalue weighted by atomic mass is 32.1. The highest BCUT2D eigenvalue weighted by Crippen LogP contribution is 2.43. The third-order valence-corrected chi connectivity index (χ3v) is 6.86. The van der Waals surface area contributed by atoms with Crippen LogP contribution in [-0.4, -0.2) is 26.3 Å². The monoisotopic (exact) mass is 483 g/mol. The predicted molar refractivity (Wildman–Crippen MR) is 143 cm³/mol. The van der Waals surface area contributed by atoms with Crippen molar-refractivity contribution in [3.8, 4) is 5.75 Å². The van der Waals surface area contributed by atoms with Gasteiger partial charge in [-0.3, -0.25) is 9.97 Å². The molecule has 0 aliphatic carbocycles. The molecule has 1 aliphatic heterocycles. The van der Waals surface area contributed by atoms with Gasteiger partial charge in [-0.2, -0.15) is 0 Å².